The molecule has 0 aliphatic heterocycles. The van der Waals surface area contributed by atoms with Crippen LogP contribution in [0.25, 0.3) is 0 Å². The van der Waals surface area contributed by atoms with E-state index in [2.05, 4.69) is 227 Å². The Labute approximate surface area is 394 Å². The van der Waals surface area contributed by atoms with Crippen LogP contribution in [-0.2, 0) is 0 Å². The summed E-state index contributed by atoms with van der Waals surface area (Å²) in [5, 5.41) is 17.8. The number of unbranched alkanes of at least 4 members (excludes halogenated alkanes) is 4. The van der Waals surface area contributed by atoms with Gasteiger partial charge in [0.15, 0.2) is 0 Å². The molecule has 3 aliphatic rings. The molecule has 1 saturated carbocycles. The molecule has 0 saturated heterocycles. The molecule has 0 amide bonds. The van der Waals surface area contributed by atoms with Gasteiger partial charge < -0.3 is 10.2 Å². The van der Waals surface area contributed by atoms with Gasteiger partial charge >= 0.3 is 0 Å². The third kappa shape index (κ3) is 161. The topological polar surface area (TPSA) is 40.5 Å². The van der Waals surface area contributed by atoms with Crippen molar-refractivity contribution in [1.82, 2.24) is 0 Å². The SMILES string of the molecule is C.C.C.C.C.C.C.C.C.C.C.C.C1=C=C=C=C=C=1.C1=C=C=C=C=C=1.C=C=C=C=C=C.C=C=C=C=C=C.C=C=C=C=C=C.C=C=C=C=C=C.CCCCCCC.OC1CCC(O)CC1. The first kappa shape index (κ1) is 111. The van der Waals surface area contributed by atoms with Crippen molar-refractivity contribution < 1.29 is 10.2 Å². The largest absolute Gasteiger partial charge is 0.393 e. The summed E-state index contributed by atoms with van der Waals surface area (Å²) in [6.45, 7) is 30.3. The minimum Gasteiger partial charge on any atom is -0.393 e. The van der Waals surface area contributed by atoms with Crippen LogP contribution < -0.4 is 0 Å². The first-order valence-corrected chi connectivity index (χ1v) is 15.4. The minimum atomic E-state index is -0.140. The summed E-state index contributed by atoms with van der Waals surface area (Å²) in [6, 6.07) is 0. The maximum Gasteiger partial charge on any atom is 0.0542 e. The second kappa shape index (κ2) is 124. The van der Waals surface area contributed by atoms with Crippen molar-refractivity contribution in [1.29, 1.82) is 0 Å². The van der Waals surface area contributed by atoms with E-state index < -0.39 is 0 Å². The van der Waals surface area contributed by atoms with Crippen LogP contribution in [-0.4, -0.2) is 22.4 Å². The molecule has 0 radical (unpaired) electrons. The molecular weight excluding hydrogens is 765 g/mol. The Morgan fingerprint density at radius 3 is 0.524 bits per heavy atom. The van der Waals surface area contributed by atoms with Crippen LogP contribution in [0.1, 0.15) is 161 Å². The molecule has 3 rings (SSSR count). The van der Waals surface area contributed by atoms with E-state index in [1.165, 1.54) is 32.1 Å². The fourth-order valence-electron chi connectivity index (χ4n) is 2.46. The van der Waals surface area contributed by atoms with Crippen molar-refractivity contribution in [3.05, 3.63) is 213 Å². The van der Waals surface area contributed by atoms with Crippen molar-refractivity contribution in [3.63, 3.8) is 0 Å². The van der Waals surface area contributed by atoms with Crippen molar-refractivity contribution in [2.75, 3.05) is 0 Å². The smallest absolute Gasteiger partial charge is 0.0542 e. The van der Waals surface area contributed by atoms with Crippen LogP contribution in [0.5, 0.6) is 0 Å². The normalized spacial score (nSPS) is 8.89. The van der Waals surface area contributed by atoms with Crippen LogP contribution in [0, 0.1) is 0 Å². The van der Waals surface area contributed by atoms with Gasteiger partial charge in [0.25, 0.3) is 0 Å². The molecule has 0 unspecified atom stereocenters. The summed E-state index contributed by atoms with van der Waals surface area (Å²) in [5.74, 6) is 0. The number of hydrogen-bond donors (Lipinski definition) is 2. The summed E-state index contributed by atoms with van der Waals surface area (Å²) in [5.41, 5.74) is 68.1. The lowest BCUT2D eigenvalue weighted by Gasteiger charge is -2.20. The molecular formula is C61H92O2. The zero-order chi connectivity index (χ0) is 39.3. The van der Waals surface area contributed by atoms with Gasteiger partial charge in [0, 0.05) is 68.8 Å². The fraction of sp³-hybridized carbons (Fsp3) is 0.410. The van der Waals surface area contributed by atoms with Crippen LogP contribution in [0.3, 0.4) is 0 Å². The third-order valence-electron chi connectivity index (χ3n) is 4.58. The zero-order valence-electron chi connectivity index (χ0n) is 30.1. The minimum absolute atomic E-state index is 0. The quantitative estimate of drug-likeness (QED) is 0.238. The summed E-state index contributed by atoms with van der Waals surface area (Å²) < 4.78 is 0. The van der Waals surface area contributed by atoms with Crippen molar-refractivity contribution >= 4 is 0 Å². The lowest BCUT2D eigenvalue weighted by Crippen LogP contribution is -2.21. The van der Waals surface area contributed by atoms with E-state index in [4.69, 9.17) is 10.2 Å². The summed E-state index contributed by atoms with van der Waals surface area (Å²) >= 11 is 0. The highest BCUT2D eigenvalue weighted by Crippen LogP contribution is 2.17. The predicted octanol–water partition coefficient (Wildman–Crippen LogP) is 18.4. The lowest BCUT2D eigenvalue weighted by atomic mass is 9.95. The van der Waals surface area contributed by atoms with Gasteiger partial charge in [0.1, 0.15) is 0 Å². The first-order valence-electron chi connectivity index (χ1n) is 15.4. The molecule has 0 aromatic heterocycles. The Morgan fingerprint density at radius 1 is 0.302 bits per heavy atom. The lowest BCUT2D eigenvalue weighted by molar-refractivity contribution is 0.0541. The van der Waals surface area contributed by atoms with E-state index in [0.717, 1.165) is 25.7 Å². The molecule has 0 bridgehead atoms. The molecule has 0 atom stereocenters. The zero-order valence-corrected chi connectivity index (χ0v) is 30.1. The maximum absolute atomic E-state index is 8.92. The Balaban J connectivity index is -0.0000000250. The van der Waals surface area contributed by atoms with Crippen LogP contribution in [0.4, 0.5) is 0 Å². The average molecular weight is 857 g/mol. The third-order valence-corrected chi connectivity index (χ3v) is 4.58. The van der Waals surface area contributed by atoms with Gasteiger partial charge in [-0.3, -0.25) is 0 Å². The van der Waals surface area contributed by atoms with E-state index >= 15 is 0 Å². The highest BCUT2D eigenvalue weighted by molar-refractivity contribution is 4.94. The summed E-state index contributed by atoms with van der Waals surface area (Å²) in [6.07, 6.45) is 9.84. The second-order valence-electron chi connectivity index (χ2n) is 8.44. The van der Waals surface area contributed by atoms with Gasteiger partial charge in [-0.1, -0.05) is 181 Å². The average Bonchev–Trinajstić information content (AvgIpc) is 3.19. The molecule has 0 aromatic rings. The highest BCUT2D eigenvalue weighted by atomic mass is 16.3. The van der Waals surface area contributed by atoms with Gasteiger partial charge in [-0.15, -0.1) is 0 Å². The monoisotopic (exact) mass is 857 g/mol. The van der Waals surface area contributed by atoms with E-state index in [9.17, 15) is 0 Å². The van der Waals surface area contributed by atoms with Gasteiger partial charge in [0.2, 0.25) is 0 Å². The number of hydrogen-bond acceptors (Lipinski definition) is 2. The molecule has 2 N–H and O–H groups in total. The maximum atomic E-state index is 8.92. The molecule has 2 nitrogen and oxygen atoms in total. The summed E-state index contributed by atoms with van der Waals surface area (Å²) in [7, 11) is 0. The Kier molecular flexibility index (Phi) is 219. The van der Waals surface area contributed by atoms with Crippen LogP contribution in [0.15, 0.2) is 213 Å². The van der Waals surface area contributed by atoms with Gasteiger partial charge in [-0.2, -0.15) is 0 Å². The second-order valence-corrected chi connectivity index (χ2v) is 8.44. The number of rotatable bonds is 4. The van der Waals surface area contributed by atoms with Crippen LogP contribution >= 0.6 is 0 Å². The number of aliphatic hydroxyl groups is 2. The molecule has 3 aliphatic carbocycles. The summed E-state index contributed by atoms with van der Waals surface area (Å²) in [4.78, 5) is 0. The molecule has 1 fully saturated rings. The van der Waals surface area contributed by atoms with Crippen LogP contribution in [0.2, 0.25) is 0 Å². The molecule has 0 aromatic carbocycles. The Morgan fingerprint density at radius 2 is 0.429 bits per heavy atom. The van der Waals surface area contributed by atoms with E-state index in [1.54, 1.807) is 0 Å². The van der Waals surface area contributed by atoms with Gasteiger partial charge in [0.05, 0.1) is 12.2 Å². The first-order chi connectivity index (χ1) is 24.9. The molecule has 0 heterocycles. The molecule has 348 valence electrons. The van der Waals surface area contributed by atoms with Gasteiger partial charge in [-0.05, 0) is 124 Å². The van der Waals surface area contributed by atoms with E-state index in [1.807, 2.05) is 0 Å². The predicted molar refractivity (Wildman–Crippen MR) is 289 cm³/mol. The van der Waals surface area contributed by atoms with E-state index in [0.29, 0.717) is 0 Å². The van der Waals surface area contributed by atoms with Gasteiger partial charge in [-0.25, -0.2) is 0 Å². The number of aliphatic hydroxyl groups excluding tert-OH is 2. The highest BCUT2D eigenvalue weighted by Gasteiger charge is 2.15. The molecule has 0 spiro atoms. The van der Waals surface area contributed by atoms with Crippen molar-refractivity contribution in [3.8, 4) is 0 Å². The Hall–Kier alpha value is -7.28. The van der Waals surface area contributed by atoms with E-state index in [-0.39, 0.29) is 101 Å². The fourth-order valence-corrected chi connectivity index (χ4v) is 2.46. The molecule has 2 heteroatoms. The molecule has 63 heavy (non-hydrogen) atoms. The Bertz CT molecular complexity index is 1620. The van der Waals surface area contributed by atoms with Crippen molar-refractivity contribution in [2.45, 2.75) is 173 Å². The standard InChI is InChI=1S/C7H16.C6H12O2.2C6.4C6H4.12CH4/c1-3-5-7-6-4-2;7-5-1-2-6(8)4-3-5;2*1-2-4-6-5-3-1;4*1-3-5-6-4-2;;;;;;;;;;;;/h3-7H2,1-2H3;5-8H,1-4H2;;;4*1-2H2;12*1H4. The van der Waals surface area contributed by atoms with Crippen molar-refractivity contribution in [2.24, 2.45) is 0 Å².